The predicted octanol–water partition coefficient (Wildman–Crippen LogP) is 4.41. The zero-order chi connectivity index (χ0) is 13.5. The van der Waals surface area contributed by atoms with Gasteiger partial charge in [0.15, 0.2) is 0 Å². The van der Waals surface area contributed by atoms with E-state index in [1.165, 1.54) is 10.4 Å². The largest absolute Gasteiger partial charge is 0.317 e. The molecular formula is C16H20ClNS. The lowest BCUT2D eigenvalue weighted by atomic mass is 9.95. The first kappa shape index (κ1) is 14.6. The van der Waals surface area contributed by atoms with Gasteiger partial charge in [-0.25, -0.2) is 0 Å². The molecule has 3 heteroatoms. The monoisotopic (exact) mass is 293 g/mol. The van der Waals surface area contributed by atoms with E-state index in [1.807, 2.05) is 23.5 Å². The van der Waals surface area contributed by atoms with Crippen molar-refractivity contribution in [3.05, 3.63) is 57.2 Å². The van der Waals surface area contributed by atoms with E-state index in [0.717, 1.165) is 31.0 Å². The van der Waals surface area contributed by atoms with Crippen LogP contribution >= 0.6 is 22.9 Å². The van der Waals surface area contributed by atoms with Crippen molar-refractivity contribution in [3.63, 3.8) is 0 Å². The van der Waals surface area contributed by atoms with Crippen molar-refractivity contribution in [3.8, 4) is 0 Å². The van der Waals surface area contributed by atoms with Gasteiger partial charge in [-0.2, -0.15) is 0 Å². The van der Waals surface area contributed by atoms with Gasteiger partial charge in [-0.3, -0.25) is 0 Å². The zero-order valence-electron chi connectivity index (χ0n) is 11.2. The minimum absolute atomic E-state index is 0.622. The Hall–Kier alpha value is -0.830. The molecule has 0 aliphatic heterocycles. The molecular weight excluding hydrogens is 274 g/mol. The van der Waals surface area contributed by atoms with E-state index in [1.54, 1.807) is 0 Å². The topological polar surface area (TPSA) is 12.0 Å². The van der Waals surface area contributed by atoms with Gasteiger partial charge in [-0.05, 0) is 61.0 Å². The smallest absolute Gasteiger partial charge is 0.0408 e. The molecule has 1 aromatic carbocycles. The fraction of sp³-hybridized carbons (Fsp3) is 0.375. The van der Waals surface area contributed by atoms with Crippen molar-refractivity contribution >= 4 is 22.9 Å². The lowest BCUT2D eigenvalue weighted by molar-refractivity contribution is 0.481. The molecule has 102 valence electrons. The maximum atomic E-state index is 6.06. The second kappa shape index (κ2) is 7.68. The van der Waals surface area contributed by atoms with Gasteiger partial charge in [0, 0.05) is 9.90 Å². The van der Waals surface area contributed by atoms with Gasteiger partial charge < -0.3 is 5.32 Å². The standard InChI is InChI=1S/C16H20ClNS/c1-2-18-12-14(11-16-7-4-8-19-16)9-13-5-3-6-15(17)10-13/h3-8,10,14,18H,2,9,11-12H2,1H3. The summed E-state index contributed by atoms with van der Waals surface area (Å²) in [4.78, 5) is 1.46. The van der Waals surface area contributed by atoms with E-state index in [4.69, 9.17) is 11.6 Å². The number of hydrogen-bond donors (Lipinski definition) is 1. The van der Waals surface area contributed by atoms with Gasteiger partial charge in [0.05, 0.1) is 0 Å². The average molecular weight is 294 g/mol. The Kier molecular flexibility index (Phi) is 5.90. The summed E-state index contributed by atoms with van der Waals surface area (Å²) in [6, 6.07) is 12.6. The molecule has 0 aliphatic rings. The van der Waals surface area contributed by atoms with Crippen LogP contribution in [0.5, 0.6) is 0 Å². The summed E-state index contributed by atoms with van der Waals surface area (Å²) in [5.74, 6) is 0.622. The number of thiophene rings is 1. The van der Waals surface area contributed by atoms with Crippen LogP contribution in [-0.2, 0) is 12.8 Å². The summed E-state index contributed by atoms with van der Waals surface area (Å²) < 4.78 is 0. The zero-order valence-corrected chi connectivity index (χ0v) is 12.8. The molecule has 19 heavy (non-hydrogen) atoms. The maximum Gasteiger partial charge on any atom is 0.0408 e. The molecule has 0 aliphatic carbocycles. The average Bonchev–Trinajstić information content (AvgIpc) is 2.89. The van der Waals surface area contributed by atoms with Crippen LogP contribution in [0, 0.1) is 5.92 Å². The Morgan fingerprint density at radius 1 is 1.21 bits per heavy atom. The number of benzene rings is 1. The highest BCUT2D eigenvalue weighted by Gasteiger charge is 2.11. The van der Waals surface area contributed by atoms with Crippen LogP contribution in [0.1, 0.15) is 17.4 Å². The highest BCUT2D eigenvalue weighted by atomic mass is 35.5. The SMILES string of the molecule is CCNCC(Cc1cccc(Cl)c1)Cc1cccs1. The Morgan fingerprint density at radius 2 is 2.11 bits per heavy atom. The fourth-order valence-electron chi connectivity index (χ4n) is 2.28. The molecule has 0 saturated heterocycles. The minimum Gasteiger partial charge on any atom is -0.317 e. The van der Waals surface area contributed by atoms with Crippen molar-refractivity contribution < 1.29 is 0 Å². The Bertz CT molecular complexity index is 481. The molecule has 1 atom stereocenters. The molecule has 2 rings (SSSR count). The summed E-state index contributed by atoms with van der Waals surface area (Å²) in [6.45, 7) is 4.24. The first-order valence-electron chi connectivity index (χ1n) is 6.75. The minimum atomic E-state index is 0.622. The molecule has 1 unspecified atom stereocenters. The molecule has 0 saturated carbocycles. The number of halogens is 1. The number of nitrogens with one attached hydrogen (secondary N) is 1. The van der Waals surface area contributed by atoms with Crippen molar-refractivity contribution in [2.75, 3.05) is 13.1 Å². The lowest BCUT2D eigenvalue weighted by Crippen LogP contribution is -2.25. The number of hydrogen-bond acceptors (Lipinski definition) is 2. The molecule has 0 spiro atoms. The van der Waals surface area contributed by atoms with Crippen LogP contribution in [0.15, 0.2) is 41.8 Å². The fourth-order valence-corrected chi connectivity index (χ4v) is 3.31. The molecule has 1 heterocycles. The van der Waals surface area contributed by atoms with Gasteiger partial charge in [0.2, 0.25) is 0 Å². The molecule has 0 bridgehead atoms. The van der Waals surface area contributed by atoms with Gasteiger partial charge in [0.1, 0.15) is 0 Å². The molecule has 0 radical (unpaired) electrons. The molecule has 0 fully saturated rings. The first-order chi connectivity index (χ1) is 9.28. The Morgan fingerprint density at radius 3 is 2.79 bits per heavy atom. The van der Waals surface area contributed by atoms with E-state index in [0.29, 0.717) is 5.92 Å². The molecule has 0 amide bonds. The van der Waals surface area contributed by atoms with Crippen LogP contribution in [0.2, 0.25) is 5.02 Å². The van der Waals surface area contributed by atoms with Gasteiger partial charge in [0.25, 0.3) is 0 Å². The van der Waals surface area contributed by atoms with E-state index in [-0.39, 0.29) is 0 Å². The first-order valence-corrected chi connectivity index (χ1v) is 8.01. The summed E-state index contributed by atoms with van der Waals surface area (Å²) in [5.41, 5.74) is 1.33. The van der Waals surface area contributed by atoms with Crippen LogP contribution < -0.4 is 5.32 Å². The summed E-state index contributed by atoms with van der Waals surface area (Å²) in [5, 5.41) is 6.45. The Balaban J connectivity index is 2.00. The third-order valence-electron chi connectivity index (χ3n) is 3.17. The van der Waals surface area contributed by atoms with Crippen molar-refractivity contribution in [1.82, 2.24) is 5.32 Å². The van der Waals surface area contributed by atoms with Crippen LogP contribution in [0.25, 0.3) is 0 Å². The predicted molar refractivity (Wildman–Crippen MR) is 85.2 cm³/mol. The van der Waals surface area contributed by atoms with Gasteiger partial charge in [-0.15, -0.1) is 11.3 Å². The van der Waals surface area contributed by atoms with Gasteiger partial charge >= 0.3 is 0 Å². The molecule has 1 nitrogen and oxygen atoms in total. The molecule has 2 aromatic rings. The third kappa shape index (κ3) is 4.98. The third-order valence-corrected chi connectivity index (χ3v) is 4.30. The van der Waals surface area contributed by atoms with Crippen molar-refractivity contribution in [1.29, 1.82) is 0 Å². The maximum absolute atomic E-state index is 6.06. The van der Waals surface area contributed by atoms with Crippen LogP contribution in [0.3, 0.4) is 0 Å². The van der Waals surface area contributed by atoms with E-state index < -0.39 is 0 Å². The highest BCUT2D eigenvalue weighted by Crippen LogP contribution is 2.19. The van der Waals surface area contributed by atoms with Gasteiger partial charge in [-0.1, -0.05) is 36.7 Å². The molecule has 1 N–H and O–H groups in total. The quantitative estimate of drug-likeness (QED) is 0.797. The van der Waals surface area contributed by atoms with Crippen molar-refractivity contribution in [2.45, 2.75) is 19.8 Å². The highest BCUT2D eigenvalue weighted by molar-refractivity contribution is 7.09. The Labute approximate surface area is 124 Å². The van der Waals surface area contributed by atoms with E-state index in [2.05, 4.69) is 41.9 Å². The van der Waals surface area contributed by atoms with Crippen molar-refractivity contribution in [2.24, 2.45) is 5.92 Å². The summed E-state index contributed by atoms with van der Waals surface area (Å²) in [7, 11) is 0. The van der Waals surface area contributed by atoms with E-state index in [9.17, 15) is 0 Å². The molecule has 1 aromatic heterocycles. The van der Waals surface area contributed by atoms with E-state index >= 15 is 0 Å². The second-order valence-electron chi connectivity index (χ2n) is 4.79. The van der Waals surface area contributed by atoms with Crippen LogP contribution in [-0.4, -0.2) is 13.1 Å². The summed E-state index contributed by atoms with van der Waals surface area (Å²) in [6.07, 6.45) is 2.21. The normalized spacial score (nSPS) is 12.5. The summed E-state index contributed by atoms with van der Waals surface area (Å²) >= 11 is 7.91. The number of rotatable bonds is 7. The van der Waals surface area contributed by atoms with Crippen LogP contribution in [0.4, 0.5) is 0 Å². The lowest BCUT2D eigenvalue weighted by Gasteiger charge is -2.17. The second-order valence-corrected chi connectivity index (χ2v) is 6.26.